The summed E-state index contributed by atoms with van der Waals surface area (Å²) in [6.07, 6.45) is 0. The van der Waals surface area contributed by atoms with Crippen LogP contribution in [0.5, 0.6) is 5.75 Å². The van der Waals surface area contributed by atoms with E-state index in [1.165, 1.54) is 19.2 Å². The summed E-state index contributed by atoms with van der Waals surface area (Å²) in [6.45, 7) is 0. The standard InChI is InChI=1S/C9H8BrNO5/c1-15-6-4-3-5(10)7(9(12)16-2)8(6)11(13)14/h3-4H,1-2H3. The van der Waals surface area contributed by atoms with E-state index in [4.69, 9.17) is 4.74 Å². The smallest absolute Gasteiger partial charge is 0.346 e. The molecule has 0 N–H and O–H groups in total. The Hall–Kier alpha value is -1.63. The summed E-state index contributed by atoms with van der Waals surface area (Å²) in [6, 6.07) is 2.88. The van der Waals surface area contributed by atoms with Gasteiger partial charge in [0, 0.05) is 4.47 Å². The number of rotatable bonds is 3. The SMILES string of the molecule is COC(=O)c1c(Br)ccc(OC)c1[N+](=O)[O-]. The Kier molecular flexibility index (Phi) is 3.83. The molecule has 86 valence electrons. The molecule has 1 aromatic rings. The molecule has 1 aromatic carbocycles. The maximum atomic E-state index is 11.4. The number of nitro benzene ring substituents is 1. The van der Waals surface area contributed by atoms with Gasteiger partial charge in [0.25, 0.3) is 0 Å². The zero-order valence-corrected chi connectivity index (χ0v) is 10.1. The topological polar surface area (TPSA) is 78.7 Å². The fourth-order valence-electron chi connectivity index (χ4n) is 1.19. The minimum Gasteiger partial charge on any atom is -0.490 e. The molecule has 0 aliphatic rings. The van der Waals surface area contributed by atoms with Crippen LogP contribution in [0.2, 0.25) is 0 Å². The van der Waals surface area contributed by atoms with Gasteiger partial charge in [-0.05, 0) is 28.1 Å². The molecule has 0 aliphatic heterocycles. The molecular formula is C9H8BrNO5. The number of esters is 1. The van der Waals surface area contributed by atoms with Gasteiger partial charge in [0.15, 0.2) is 11.3 Å². The van der Waals surface area contributed by atoms with Crippen molar-refractivity contribution in [3.63, 3.8) is 0 Å². The molecule has 0 spiro atoms. The largest absolute Gasteiger partial charge is 0.490 e. The van der Waals surface area contributed by atoms with E-state index in [9.17, 15) is 14.9 Å². The second-order valence-electron chi connectivity index (χ2n) is 2.72. The number of ether oxygens (including phenoxy) is 2. The average molecular weight is 290 g/mol. The first kappa shape index (κ1) is 12.4. The number of nitro groups is 1. The first-order valence-electron chi connectivity index (χ1n) is 4.12. The molecule has 0 amide bonds. The van der Waals surface area contributed by atoms with Crippen molar-refractivity contribution in [3.05, 3.63) is 32.3 Å². The quantitative estimate of drug-likeness (QED) is 0.484. The highest BCUT2D eigenvalue weighted by Crippen LogP contribution is 2.35. The van der Waals surface area contributed by atoms with Gasteiger partial charge in [-0.25, -0.2) is 4.79 Å². The Labute approximate surface area is 99.4 Å². The van der Waals surface area contributed by atoms with Crippen LogP contribution in [-0.4, -0.2) is 25.1 Å². The van der Waals surface area contributed by atoms with Crippen molar-refractivity contribution in [2.75, 3.05) is 14.2 Å². The highest BCUT2D eigenvalue weighted by atomic mass is 79.9. The van der Waals surface area contributed by atoms with Crippen molar-refractivity contribution in [2.45, 2.75) is 0 Å². The molecule has 0 heterocycles. The van der Waals surface area contributed by atoms with Gasteiger partial charge in [-0.15, -0.1) is 0 Å². The number of carbonyl (C=O) groups excluding carboxylic acids is 1. The molecule has 0 aromatic heterocycles. The molecule has 0 radical (unpaired) electrons. The Morgan fingerprint density at radius 3 is 2.50 bits per heavy atom. The summed E-state index contributed by atoms with van der Waals surface area (Å²) in [5.41, 5.74) is -0.574. The highest BCUT2D eigenvalue weighted by Gasteiger charge is 2.28. The van der Waals surface area contributed by atoms with Crippen LogP contribution in [0, 0.1) is 10.1 Å². The maximum Gasteiger partial charge on any atom is 0.346 e. The summed E-state index contributed by atoms with van der Waals surface area (Å²) < 4.78 is 9.59. The van der Waals surface area contributed by atoms with Gasteiger partial charge in [-0.3, -0.25) is 10.1 Å². The van der Waals surface area contributed by atoms with Crippen LogP contribution in [0.4, 0.5) is 5.69 Å². The number of hydrogen-bond acceptors (Lipinski definition) is 5. The molecular weight excluding hydrogens is 282 g/mol. The Bertz CT molecular complexity index is 446. The lowest BCUT2D eigenvalue weighted by Gasteiger charge is -2.07. The summed E-state index contributed by atoms with van der Waals surface area (Å²) in [5.74, 6) is -0.786. The summed E-state index contributed by atoms with van der Waals surface area (Å²) >= 11 is 3.06. The van der Waals surface area contributed by atoms with Crippen molar-refractivity contribution < 1.29 is 19.2 Å². The van der Waals surface area contributed by atoms with E-state index in [0.717, 1.165) is 7.11 Å². The van der Waals surface area contributed by atoms with Crippen molar-refractivity contribution in [2.24, 2.45) is 0 Å². The first-order valence-corrected chi connectivity index (χ1v) is 4.91. The van der Waals surface area contributed by atoms with Crippen LogP contribution in [-0.2, 0) is 4.74 Å². The molecule has 7 heteroatoms. The third-order valence-electron chi connectivity index (χ3n) is 1.88. The predicted octanol–water partition coefficient (Wildman–Crippen LogP) is 2.15. The van der Waals surface area contributed by atoms with E-state index in [1.807, 2.05) is 0 Å². The van der Waals surface area contributed by atoms with E-state index < -0.39 is 16.6 Å². The molecule has 0 saturated heterocycles. The van der Waals surface area contributed by atoms with Crippen molar-refractivity contribution >= 4 is 27.6 Å². The van der Waals surface area contributed by atoms with Crippen molar-refractivity contribution in [3.8, 4) is 5.75 Å². The molecule has 0 atom stereocenters. The second kappa shape index (κ2) is 4.93. The van der Waals surface area contributed by atoms with Crippen LogP contribution in [0.3, 0.4) is 0 Å². The maximum absolute atomic E-state index is 11.4. The van der Waals surface area contributed by atoms with Gasteiger partial charge >= 0.3 is 11.7 Å². The molecule has 16 heavy (non-hydrogen) atoms. The lowest BCUT2D eigenvalue weighted by molar-refractivity contribution is -0.386. The number of nitrogens with zero attached hydrogens (tertiary/aromatic N) is 1. The van der Waals surface area contributed by atoms with E-state index >= 15 is 0 Å². The zero-order chi connectivity index (χ0) is 12.3. The minimum absolute atomic E-state index is 0.00796. The molecule has 0 bridgehead atoms. The fraction of sp³-hybridized carbons (Fsp3) is 0.222. The average Bonchev–Trinajstić information content (AvgIpc) is 2.27. The molecule has 0 unspecified atom stereocenters. The van der Waals surface area contributed by atoms with E-state index in [2.05, 4.69) is 20.7 Å². The van der Waals surface area contributed by atoms with Crippen LogP contribution < -0.4 is 4.74 Å². The van der Waals surface area contributed by atoms with E-state index in [-0.39, 0.29) is 15.8 Å². The number of halogens is 1. The van der Waals surface area contributed by atoms with E-state index in [1.54, 1.807) is 0 Å². The molecule has 6 nitrogen and oxygen atoms in total. The summed E-state index contributed by atoms with van der Waals surface area (Å²) in [4.78, 5) is 21.6. The Morgan fingerprint density at radius 1 is 1.44 bits per heavy atom. The lowest BCUT2D eigenvalue weighted by atomic mass is 10.1. The van der Waals surface area contributed by atoms with E-state index in [0.29, 0.717) is 0 Å². The van der Waals surface area contributed by atoms with Gasteiger partial charge in [0.1, 0.15) is 0 Å². The first-order chi connectivity index (χ1) is 7.52. The summed E-state index contributed by atoms with van der Waals surface area (Å²) in [5, 5.41) is 10.9. The number of carbonyl (C=O) groups is 1. The number of hydrogen-bond donors (Lipinski definition) is 0. The lowest BCUT2D eigenvalue weighted by Crippen LogP contribution is -2.08. The van der Waals surface area contributed by atoms with Crippen molar-refractivity contribution in [1.29, 1.82) is 0 Å². The van der Waals surface area contributed by atoms with Gasteiger partial charge in [-0.1, -0.05) is 0 Å². The normalized spacial score (nSPS) is 9.69. The zero-order valence-electron chi connectivity index (χ0n) is 8.52. The third kappa shape index (κ3) is 2.13. The molecule has 1 rings (SSSR count). The minimum atomic E-state index is -0.794. The van der Waals surface area contributed by atoms with Gasteiger partial charge < -0.3 is 9.47 Å². The molecule has 0 aliphatic carbocycles. The number of benzene rings is 1. The van der Waals surface area contributed by atoms with Gasteiger partial charge in [0.05, 0.1) is 19.1 Å². The summed E-state index contributed by atoms with van der Waals surface area (Å²) in [7, 11) is 2.44. The second-order valence-corrected chi connectivity index (χ2v) is 3.58. The third-order valence-corrected chi connectivity index (χ3v) is 2.54. The van der Waals surface area contributed by atoms with Crippen LogP contribution in [0.1, 0.15) is 10.4 Å². The van der Waals surface area contributed by atoms with Crippen molar-refractivity contribution in [1.82, 2.24) is 0 Å². The van der Waals surface area contributed by atoms with Crippen LogP contribution in [0.15, 0.2) is 16.6 Å². The number of methoxy groups -OCH3 is 2. The molecule has 0 fully saturated rings. The highest BCUT2D eigenvalue weighted by molar-refractivity contribution is 9.10. The Morgan fingerprint density at radius 2 is 2.06 bits per heavy atom. The van der Waals surface area contributed by atoms with Gasteiger partial charge in [-0.2, -0.15) is 0 Å². The molecule has 0 saturated carbocycles. The fourth-order valence-corrected chi connectivity index (χ4v) is 1.67. The predicted molar refractivity (Wildman–Crippen MR) is 58.7 cm³/mol. The monoisotopic (exact) mass is 289 g/mol. The van der Waals surface area contributed by atoms with Gasteiger partial charge in [0.2, 0.25) is 0 Å². The van der Waals surface area contributed by atoms with Crippen LogP contribution in [0.25, 0.3) is 0 Å². The Balaban J connectivity index is 3.54. The van der Waals surface area contributed by atoms with Crippen LogP contribution >= 0.6 is 15.9 Å².